The smallest absolute Gasteiger partial charge is 0.320 e. The Kier molecular flexibility index (Phi) is 4.59. The minimum Gasteiger partial charge on any atom is -0.857 e. The quantitative estimate of drug-likeness (QED) is 0.240. The van der Waals surface area contributed by atoms with Crippen molar-refractivity contribution in [2.75, 3.05) is 5.73 Å². The molecule has 4 aromatic rings. The standard InChI is InChI=1S/C20H17N5O3S/c1-10-14(11(2)26)15(12-7-5-4-6-8-12)16-17(21)18(29-20(16)22-10)19(27)23-13-9-25(3)24-28-13/h4-9H,1-3H3,(H2-,21,23,24,27). The molecule has 0 unspecified atom stereocenters. The third-order valence-corrected chi connectivity index (χ3v) is 5.53. The van der Waals surface area contributed by atoms with E-state index in [-0.39, 0.29) is 22.2 Å². The summed E-state index contributed by atoms with van der Waals surface area (Å²) in [5.41, 5.74) is 9.22. The zero-order valence-corrected chi connectivity index (χ0v) is 16.8. The second-order valence-electron chi connectivity index (χ2n) is 6.53. The molecule has 146 valence electrons. The first kappa shape index (κ1) is 18.8. The maximum absolute atomic E-state index is 12.7. The molecule has 2 N–H and O–H groups in total. The molecule has 8 nitrogen and oxygen atoms in total. The summed E-state index contributed by atoms with van der Waals surface area (Å²) < 4.78 is 6.36. The van der Waals surface area contributed by atoms with E-state index in [2.05, 4.69) is 15.2 Å². The van der Waals surface area contributed by atoms with Crippen molar-refractivity contribution in [3.63, 3.8) is 0 Å². The predicted molar refractivity (Wildman–Crippen MR) is 108 cm³/mol. The normalized spacial score (nSPS) is 11.9. The molecule has 0 aliphatic heterocycles. The van der Waals surface area contributed by atoms with Crippen LogP contribution in [-0.4, -0.2) is 21.9 Å². The maximum Gasteiger partial charge on any atom is 0.320 e. The Hall–Kier alpha value is -3.59. The fraction of sp³-hybridized carbons (Fsp3) is 0.150. The van der Waals surface area contributed by atoms with E-state index in [1.165, 1.54) is 17.8 Å². The van der Waals surface area contributed by atoms with Crippen molar-refractivity contribution in [1.82, 2.24) is 10.3 Å². The molecule has 0 radical (unpaired) electrons. The van der Waals surface area contributed by atoms with Crippen LogP contribution in [0.3, 0.4) is 0 Å². The zero-order valence-electron chi connectivity index (χ0n) is 16.0. The molecular formula is C20H17N5O3S. The average Bonchev–Trinajstić information content (AvgIpc) is 3.24. The molecule has 0 atom stereocenters. The van der Waals surface area contributed by atoms with Crippen molar-refractivity contribution in [3.8, 4) is 11.1 Å². The Morgan fingerprint density at radius 3 is 2.66 bits per heavy atom. The number of Topliss-reactive ketones (excluding diaryl/α,β-unsaturated/α-hetero) is 1. The number of nitrogen functional groups attached to an aromatic ring is 1. The molecule has 9 heteroatoms. The molecule has 0 saturated carbocycles. The number of rotatable bonds is 4. The number of carbonyl (C=O) groups excluding carboxylic acids is 1. The minimum atomic E-state index is -0.553. The molecule has 0 aliphatic carbocycles. The van der Waals surface area contributed by atoms with E-state index in [9.17, 15) is 9.90 Å². The lowest BCUT2D eigenvalue weighted by Gasteiger charge is -2.13. The van der Waals surface area contributed by atoms with Gasteiger partial charge in [0.1, 0.15) is 4.83 Å². The Morgan fingerprint density at radius 2 is 2.03 bits per heavy atom. The van der Waals surface area contributed by atoms with Gasteiger partial charge in [0.25, 0.3) is 6.20 Å². The first-order chi connectivity index (χ1) is 13.9. The molecule has 4 rings (SSSR count). The van der Waals surface area contributed by atoms with Crippen LogP contribution in [0.2, 0.25) is 0 Å². The SMILES string of the molecule is CC(=O)c1c(C)nc2sc(/C([O-])=N/c3c[n+](C)no3)c(N)c2c1-c1ccccc1. The number of carbonyl (C=O) groups is 1. The number of fused-ring (bicyclic) bond motifs is 1. The highest BCUT2D eigenvalue weighted by Crippen LogP contribution is 2.42. The molecule has 3 heterocycles. The van der Waals surface area contributed by atoms with Gasteiger partial charge >= 0.3 is 5.88 Å². The van der Waals surface area contributed by atoms with E-state index in [0.29, 0.717) is 27.0 Å². The highest BCUT2D eigenvalue weighted by Gasteiger charge is 2.23. The van der Waals surface area contributed by atoms with Gasteiger partial charge in [-0.05, 0) is 19.4 Å². The van der Waals surface area contributed by atoms with Crippen molar-refractivity contribution in [2.24, 2.45) is 12.0 Å². The van der Waals surface area contributed by atoms with Crippen molar-refractivity contribution >= 4 is 44.8 Å². The van der Waals surface area contributed by atoms with Crippen LogP contribution in [0.4, 0.5) is 11.6 Å². The fourth-order valence-corrected chi connectivity index (χ4v) is 4.30. The van der Waals surface area contributed by atoms with Gasteiger partial charge in [-0.3, -0.25) is 9.32 Å². The van der Waals surface area contributed by atoms with Gasteiger partial charge in [0.2, 0.25) is 0 Å². The summed E-state index contributed by atoms with van der Waals surface area (Å²) >= 11 is 1.14. The van der Waals surface area contributed by atoms with Crippen LogP contribution in [0.5, 0.6) is 0 Å². The number of aromatic nitrogens is 3. The first-order valence-corrected chi connectivity index (χ1v) is 9.56. The highest BCUT2D eigenvalue weighted by molar-refractivity contribution is 7.21. The molecule has 0 spiro atoms. The second kappa shape index (κ2) is 7.10. The number of nitrogens with zero attached hydrogens (tertiary/aromatic N) is 4. The lowest BCUT2D eigenvalue weighted by molar-refractivity contribution is -0.739. The van der Waals surface area contributed by atoms with Gasteiger partial charge in [-0.15, -0.1) is 11.3 Å². The second-order valence-corrected chi connectivity index (χ2v) is 7.52. The number of nitrogens with two attached hydrogens (primary N) is 1. The minimum absolute atomic E-state index is 0.0752. The summed E-state index contributed by atoms with van der Waals surface area (Å²) in [5.74, 6) is -0.595. The Balaban J connectivity index is 2.01. The highest BCUT2D eigenvalue weighted by atomic mass is 32.1. The number of ketones is 1. The molecule has 0 amide bonds. The molecule has 0 bridgehead atoms. The van der Waals surface area contributed by atoms with Gasteiger partial charge in [-0.25, -0.2) is 9.98 Å². The van der Waals surface area contributed by atoms with E-state index in [1.54, 1.807) is 14.0 Å². The number of aryl methyl sites for hydroxylation is 2. The van der Waals surface area contributed by atoms with Gasteiger partial charge < -0.3 is 10.8 Å². The summed E-state index contributed by atoms with van der Waals surface area (Å²) in [4.78, 5) is 21.7. The molecule has 3 aromatic heterocycles. The van der Waals surface area contributed by atoms with Crippen molar-refractivity contribution in [3.05, 3.63) is 52.7 Å². The number of benzene rings is 1. The predicted octanol–water partition coefficient (Wildman–Crippen LogP) is 2.31. The topological polar surface area (TPSA) is 121 Å². The number of anilines is 1. The Morgan fingerprint density at radius 1 is 1.31 bits per heavy atom. The van der Waals surface area contributed by atoms with Crippen LogP contribution in [0.15, 0.2) is 46.0 Å². The van der Waals surface area contributed by atoms with Crippen LogP contribution < -0.4 is 15.5 Å². The van der Waals surface area contributed by atoms with Crippen LogP contribution >= 0.6 is 11.3 Å². The molecule has 1 aromatic carbocycles. The zero-order chi connectivity index (χ0) is 20.7. The van der Waals surface area contributed by atoms with E-state index in [4.69, 9.17) is 10.3 Å². The van der Waals surface area contributed by atoms with E-state index in [1.807, 2.05) is 30.3 Å². The monoisotopic (exact) mass is 407 g/mol. The summed E-state index contributed by atoms with van der Waals surface area (Å²) in [6.07, 6.45) is 1.48. The maximum atomic E-state index is 12.7. The largest absolute Gasteiger partial charge is 0.857 e. The van der Waals surface area contributed by atoms with Gasteiger partial charge in [-0.1, -0.05) is 35.0 Å². The Bertz CT molecular complexity index is 1270. The molecule has 0 aliphatic rings. The molecule has 0 saturated heterocycles. The van der Waals surface area contributed by atoms with Gasteiger partial charge in [0.05, 0.1) is 16.3 Å². The van der Waals surface area contributed by atoms with Crippen LogP contribution in [-0.2, 0) is 7.05 Å². The third-order valence-electron chi connectivity index (χ3n) is 4.44. The van der Waals surface area contributed by atoms with Crippen molar-refractivity contribution < 1.29 is 19.1 Å². The molecular weight excluding hydrogens is 390 g/mol. The van der Waals surface area contributed by atoms with Gasteiger partial charge in [-0.2, -0.15) is 0 Å². The van der Waals surface area contributed by atoms with Gasteiger partial charge in [0.15, 0.2) is 18.1 Å². The van der Waals surface area contributed by atoms with E-state index in [0.717, 1.165) is 16.9 Å². The molecule has 29 heavy (non-hydrogen) atoms. The number of hydrogen-bond donors (Lipinski definition) is 1. The fourth-order valence-electron chi connectivity index (χ4n) is 3.26. The number of thiophene rings is 1. The number of pyridine rings is 1. The van der Waals surface area contributed by atoms with E-state index < -0.39 is 5.90 Å². The van der Waals surface area contributed by atoms with Crippen molar-refractivity contribution in [1.29, 1.82) is 0 Å². The lowest BCUT2D eigenvalue weighted by Crippen LogP contribution is -2.27. The van der Waals surface area contributed by atoms with Crippen LogP contribution in [0, 0.1) is 6.92 Å². The van der Waals surface area contributed by atoms with Crippen LogP contribution in [0.25, 0.3) is 21.3 Å². The summed E-state index contributed by atoms with van der Waals surface area (Å²) in [6.45, 7) is 3.27. The average molecular weight is 407 g/mol. The number of hydrogen-bond acceptors (Lipinski definition) is 8. The summed E-state index contributed by atoms with van der Waals surface area (Å²) in [6, 6.07) is 9.46. The Labute approximate surface area is 169 Å². The first-order valence-electron chi connectivity index (χ1n) is 8.74. The van der Waals surface area contributed by atoms with Crippen LogP contribution in [0.1, 0.15) is 27.9 Å². The summed E-state index contributed by atoms with van der Waals surface area (Å²) in [5, 5.41) is 17.0. The summed E-state index contributed by atoms with van der Waals surface area (Å²) in [7, 11) is 1.66. The van der Waals surface area contributed by atoms with E-state index >= 15 is 0 Å². The van der Waals surface area contributed by atoms with Gasteiger partial charge in [0, 0.05) is 22.4 Å². The number of aliphatic imine (C=N–C) groups is 1. The lowest BCUT2D eigenvalue weighted by atomic mass is 9.93. The third kappa shape index (κ3) is 3.25. The van der Waals surface area contributed by atoms with Crippen molar-refractivity contribution in [2.45, 2.75) is 13.8 Å². The molecule has 0 fully saturated rings.